The van der Waals surface area contributed by atoms with Crippen molar-refractivity contribution < 1.29 is 27.5 Å². The van der Waals surface area contributed by atoms with Crippen LogP contribution < -0.4 is 9.04 Å². The molecule has 1 aliphatic carbocycles. The Kier molecular flexibility index (Phi) is 6.90. The first-order valence-corrected chi connectivity index (χ1v) is 15.3. The Balaban J connectivity index is 1.56. The maximum absolute atomic E-state index is 14.5. The summed E-state index contributed by atoms with van der Waals surface area (Å²) in [5.41, 5.74) is 1.76. The molecule has 0 radical (unpaired) electrons. The first-order valence-electron chi connectivity index (χ1n) is 13.9. The number of fused-ring (bicyclic) bond motifs is 1. The summed E-state index contributed by atoms with van der Waals surface area (Å²) in [5, 5.41) is 0. The van der Waals surface area contributed by atoms with E-state index in [1.54, 1.807) is 19.1 Å². The van der Waals surface area contributed by atoms with Crippen LogP contribution in [0.25, 0.3) is 0 Å². The molecule has 2 aliphatic heterocycles. The number of ether oxygens (including phenoxy) is 2. The molecule has 9 heteroatoms. The molecule has 2 heterocycles. The number of hydrogen-bond donors (Lipinski definition) is 0. The number of carbonyl (C=O) groups excluding carboxylic acids is 2. The lowest BCUT2D eigenvalue weighted by Gasteiger charge is -2.51. The normalized spacial score (nSPS) is 27.0. The van der Waals surface area contributed by atoms with E-state index in [-0.39, 0.29) is 23.1 Å². The second kappa shape index (κ2) is 10.3. The number of ketones is 1. The topological polar surface area (TPSA) is 93.2 Å². The molecule has 2 fully saturated rings. The van der Waals surface area contributed by atoms with Crippen molar-refractivity contribution >= 4 is 27.5 Å². The van der Waals surface area contributed by atoms with E-state index in [9.17, 15) is 18.0 Å². The van der Waals surface area contributed by atoms with Crippen molar-refractivity contribution in [3.05, 3.63) is 90.0 Å². The van der Waals surface area contributed by atoms with Gasteiger partial charge in [-0.25, -0.2) is 8.42 Å². The van der Waals surface area contributed by atoms with Gasteiger partial charge in [-0.1, -0.05) is 48.5 Å². The van der Waals surface area contributed by atoms with Crippen LogP contribution in [0.2, 0.25) is 0 Å². The quantitative estimate of drug-likeness (QED) is 0.391. The smallest absolute Gasteiger partial charge is 0.310 e. The molecule has 0 aromatic heterocycles. The van der Waals surface area contributed by atoms with E-state index in [1.807, 2.05) is 42.5 Å². The summed E-state index contributed by atoms with van der Waals surface area (Å²) in [5.74, 6) is -1.23. The first-order chi connectivity index (χ1) is 19.7. The first kappa shape index (κ1) is 27.5. The number of rotatable bonds is 7. The molecule has 41 heavy (non-hydrogen) atoms. The predicted molar refractivity (Wildman–Crippen MR) is 154 cm³/mol. The van der Waals surface area contributed by atoms with Crippen molar-refractivity contribution in [3.63, 3.8) is 0 Å². The molecular weight excluding hydrogens is 540 g/mol. The average molecular weight is 575 g/mol. The van der Waals surface area contributed by atoms with Crippen molar-refractivity contribution in [2.75, 3.05) is 25.1 Å². The van der Waals surface area contributed by atoms with E-state index in [2.05, 4.69) is 17.0 Å². The summed E-state index contributed by atoms with van der Waals surface area (Å²) in [6.45, 7) is 2.87. The van der Waals surface area contributed by atoms with Gasteiger partial charge in [0.1, 0.15) is 11.5 Å². The summed E-state index contributed by atoms with van der Waals surface area (Å²) < 4.78 is 41.1. The van der Waals surface area contributed by atoms with Gasteiger partial charge >= 0.3 is 5.97 Å². The largest absolute Gasteiger partial charge is 0.497 e. The van der Waals surface area contributed by atoms with E-state index < -0.39 is 39.3 Å². The van der Waals surface area contributed by atoms with E-state index in [4.69, 9.17) is 9.47 Å². The molecule has 5 atom stereocenters. The van der Waals surface area contributed by atoms with Crippen molar-refractivity contribution in [2.24, 2.45) is 11.8 Å². The molecule has 3 aliphatic rings. The molecule has 1 spiro atoms. The van der Waals surface area contributed by atoms with Crippen molar-refractivity contribution in [1.82, 2.24) is 4.90 Å². The molecule has 0 N–H and O–H groups in total. The molecule has 3 aromatic carbocycles. The third-order valence-corrected chi connectivity index (χ3v) is 11.1. The number of hydrogen-bond acceptors (Lipinski definition) is 7. The summed E-state index contributed by atoms with van der Waals surface area (Å²) in [6, 6.07) is 22.9. The summed E-state index contributed by atoms with van der Waals surface area (Å²) in [6.07, 6.45) is 0.824. The zero-order valence-corrected chi connectivity index (χ0v) is 24.2. The van der Waals surface area contributed by atoms with Gasteiger partial charge in [-0.05, 0) is 67.8 Å². The Morgan fingerprint density at radius 3 is 2.24 bits per heavy atom. The van der Waals surface area contributed by atoms with Crippen LogP contribution >= 0.6 is 0 Å². The minimum absolute atomic E-state index is 0.00404. The summed E-state index contributed by atoms with van der Waals surface area (Å²) in [4.78, 5) is 29.3. The second-order valence-corrected chi connectivity index (χ2v) is 13.0. The molecule has 8 nitrogen and oxygen atoms in total. The van der Waals surface area contributed by atoms with Gasteiger partial charge in [0.25, 0.3) is 10.0 Å². The Morgan fingerprint density at radius 1 is 0.902 bits per heavy atom. The van der Waals surface area contributed by atoms with Crippen LogP contribution in [0.15, 0.2) is 83.8 Å². The van der Waals surface area contributed by atoms with E-state index >= 15 is 0 Å². The number of sulfonamides is 1. The second-order valence-electron chi connectivity index (χ2n) is 11.2. The van der Waals surface area contributed by atoms with Crippen LogP contribution in [0.4, 0.5) is 5.69 Å². The highest BCUT2D eigenvalue weighted by Crippen LogP contribution is 2.62. The van der Waals surface area contributed by atoms with Crippen molar-refractivity contribution in [3.8, 4) is 5.75 Å². The maximum atomic E-state index is 14.5. The monoisotopic (exact) mass is 574 g/mol. The fraction of sp³-hybridized carbons (Fsp3) is 0.375. The van der Waals surface area contributed by atoms with Crippen LogP contribution in [0.1, 0.15) is 30.9 Å². The minimum atomic E-state index is -4.11. The van der Waals surface area contributed by atoms with Gasteiger partial charge in [0.2, 0.25) is 0 Å². The third-order valence-electron chi connectivity index (χ3n) is 9.30. The number of anilines is 1. The highest BCUT2D eigenvalue weighted by atomic mass is 32.2. The lowest BCUT2D eigenvalue weighted by Crippen LogP contribution is -2.65. The number of methoxy groups -OCH3 is 2. The zero-order valence-electron chi connectivity index (χ0n) is 23.4. The molecule has 6 rings (SSSR count). The van der Waals surface area contributed by atoms with Crippen LogP contribution in [0.5, 0.6) is 5.75 Å². The SMILES string of the molecule is COC(=O)[C@@H]1CC(C(C)=O)[C@@H]2N(Cc3ccccc3)CC[C@@]23c2ccccc2N(S(=O)(=O)c2ccc(OC)cc2)[C@@H]13. The van der Waals surface area contributed by atoms with E-state index in [0.717, 1.165) is 11.1 Å². The van der Waals surface area contributed by atoms with Gasteiger partial charge in [-0.2, -0.15) is 0 Å². The predicted octanol–water partition coefficient (Wildman–Crippen LogP) is 4.18. The molecule has 1 saturated heterocycles. The van der Waals surface area contributed by atoms with Crippen LogP contribution in [0.3, 0.4) is 0 Å². The lowest BCUT2D eigenvalue weighted by molar-refractivity contribution is -0.150. The van der Waals surface area contributed by atoms with Crippen LogP contribution in [-0.4, -0.2) is 57.9 Å². The maximum Gasteiger partial charge on any atom is 0.310 e. The Bertz CT molecular complexity index is 1580. The Morgan fingerprint density at radius 2 is 1.59 bits per heavy atom. The minimum Gasteiger partial charge on any atom is -0.497 e. The number of Topliss-reactive ketones (excluding diaryl/α,β-unsaturated/α-hetero) is 1. The molecular formula is C32H34N2O6S. The molecule has 0 bridgehead atoms. The number of esters is 1. The van der Waals surface area contributed by atoms with Gasteiger partial charge in [0.05, 0.1) is 36.8 Å². The number of carbonyl (C=O) groups is 2. The molecule has 214 valence electrons. The van der Waals surface area contributed by atoms with E-state index in [1.165, 1.54) is 30.7 Å². The number of para-hydroxylation sites is 1. The fourth-order valence-corrected chi connectivity index (χ4v) is 9.46. The number of benzene rings is 3. The highest BCUT2D eigenvalue weighted by molar-refractivity contribution is 7.93. The van der Waals surface area contributed by atoms with Gasteiger partial charge in [0, 0.05) is 23.9 Å². The number of likely N-dealkylation sites (tertiary alicyclic amines) is 1. The van der Waals surface area contributed by atoms with Gasteiger partial charge in [0.15, 0.2) is 0 Å². The van der Waals surface area contributed by atoms with Gasteiger partial charge in [-0.15, -0.1) is 0 Å². The highest BCUT2D eigenvalue weighted by Gasteiger charge is 2.69. The number of nitrogens with zero attached hydrogens (tertiary/aromatic N) is 2. The van der Waals surface area contributed by atoms with Crippen LogP contribution in [0, 0.1) is 11.8 Å². The third kappa shape index (κ3) is 4.16. The lowest BCUT2D eigenvalue weighted by atomic mass is 9.57. The molecule has 1 saturated carbocycles. The Labute approximate surface area is 240 Å². The van der Waals surface area contributed by atoms with Crippen molar-refractivity contribution in [2.45, 2.75) is 48.7 Å². The molecule has 3 aromatic rings. The summed E-state index contributed by atoms with van der Waals surface area (Å²) >= 11 is 0. The summed E-state index contributed by atoms with van der Waals surface area (Å²) in [7, 11) is -1.26. The van der Waals surface area contributed by atoms with Crippen molar-refractivity contribution in [1.29, 1.82) is 0 Å². The average Bonchev–Trinajstić information content (AvgIpc) is 3.52. The standard InChI is InChI=1S/C32H34N2O6S/c1-21(35)25-19-26(31(36)40-3)30-32(17-18-33(29(25)32)20-22-9-5-4-6-10-22)27-11-7-8-12-28(27)34(30)41(37,38)24-15-13-23(39-2)14-16-24/h4-16,25-26,29-30H,17-20H2,1-3H3/t25?,26-,29+,30+,32-/m1/s1. The van der Waals surface area contributed by atoms with Crippen LogP contribution in [-0.2, 0) is 36.3 Å². The molecule has 0 amide bonds. The Hall–Kier alpha value is -3.69. The van der Waals surface area contributed by atoms with Gasteiger partial charge in [-0.3, -0.25) is 18.8 Å². The van der Waals surface area contributed by atoms with E-state index in [0.29, 0.717) is 30.9 Å². The zero-order chi connectivity index (χ0) is 28.9. The van der Waals surface area contributed by atoms with Gasteiger partial charge < -0.3 is 9.47 Å². The molecule has 1 unspecified atom stereocenters. The fourth-order valence-electron chi connectivity index (χ4n) is 7.70.